The molecule has 2 rings (SSSR count). The predicted octanol–water partition coefficient (Wildman–Crippen LogP) is 4.80. The van der Waals surface area contributed by atoms with Crippen LogP contribution in [-0.4, -0.2) is 26.7 Å². The minimum Gasteiger partial charge on any atom is -0.497 e. The van der Waals surface area contributed by atoms with E-state index in [0.717, 1.165) is 16.9 Å². The normalized spacial score (nSPS) is 11.9. The summed E-state index contributed by atoms with van der Waals surface area (Å²) in [5, 5.41) is 3.07. The van der Waals surface area contributed by atoms with Crippen molar-refractivity contribution in [3.05, 3.63) is 72.3 Å². The molecule has 0 aliphatic rings. The number of hydrogen-bond donors (Lipinski definition) is 1. The van der Waals surface area contributed by atoms with Gasteiger partial charge in [0.25, 0.3) is 0 Å². The SMILES string of the molecule is C=CCOc1ccc(/C=C/C(=O)NC(c2ccc(OC)cc2)C(C)C)cc1OC. The van der Waals surface area contributed by atoms with Crippen LogP contribution in [0.1, 0.15) is 31.0 Å². The maximum atomic E-state index is 12.5. The van der Waals surface area contributed by atoms with Crippen molar-refractivity contribution in [1.29, 1.82) is 0 Å². The van der Waals surface area contributed by atoms with Crippen molar-refractivity contribution in [1.82, 2.24) is 5.32 Å². The highest BCUT2D eigenvalue weighted by molar-refractivity contribution is 5.92. The average molecular weight is 395 g/mol. The highest BCUT2D eigenvalue weighted by atomic mass is 16.5. The van der Waals surface area contributed by atoms with E-state index in [1.165, 1.54) is 6.08 Å². The van der Waals surface area contributed by atoms with E-state index in [1.807, 2.05) is 42.5 Å². The molecule has 1 amide bonds. The summed E-state index contributed by atoms with van der Waals surface area (Å²) in [6, 6.07) is 13.2. The van der Waals surface area contributed by atoms with E-state index in [1.54, 1.807) is 26.4 Å². The van der Waals surface area contributed by atoms with Crippen LogP contribution in [0.3, 0.4) is 0 Å². The molecule has 5 heteroatoms. The maximum Gasteiger partial charge on any atom is 0.244 e. The van der Waals surface area contributed by atoms with Crippen LogP contribution in [0.5, 0.6) is 17.2 Å². The van der Waals surface area contributed by atoms with Gasteiger partial charge in [-0.2, -0.15) is 0 Å². The van der Waals surface area contributed by atoms with Gasteiger partial charge in [-0.1, -0.05) is 44.7 Å². The zero-order valence-electron chi connectivity index (χ0n) is 17.5. The number of carbonyl (C=O) groups is 1. The van der Waals surface area contributed by atoms with Crippen LogP contribution in [-0.2, 0) is 4.79 Å². The Bertz CT molecular complexity index is 840. The Morgan fingerprint density at radius 2 is 1.79 bits per heavy atom. The second-order valence-electron chi connectivity index (χ2n) is 6.85. The Morgan fingerprint density at radius 3 is 2.38 bits per heavy atom. The van der Waals surface area contributed by atoms with Gasteiger partial charge < -0.3 is 19.5 Å². The van der Waals surface area contributed by atoms with Gasteiger partial charge in [-0.15, -0.1) is 0 Å². The zero-order chi connectivity index (χ0) is 21.2. The van der Waals surface area contributed by atoms with Gasteiger partial charge in [0.1, 0.15) is 12.4 Å². The van der Waals surface area contributed by atoms with Crippen molar-refractivity contribution in [2.24, 2.45) is 5.92 Å². The second-order valence-corrected chi connectivity index (χ2v) is 6.85. The van der Waals surface area contributed by atoms with Crippen LogP contribution >= 0.6 is 0 Å². The van der Waals surface area contributed by atoms with Crippen molar-refractivity contribution >= 4 is 12.0 Å². The van der Waals surface area contributed by atoms with E-state index in [2.05, 4.69) is 25.7 Å². The fourth-order valence-corrected chi connectivity index (χ4v) is 2.88. The van der Waals surface area contributed by atoms with Crippen LogP contribution in [0, 0.1) is 5.92 Å². The molecule has 1 N–H and O–H groups in total. The molecule has 154 valence electrons. The van der Waals surface area contributed by atoms with Crippen LogP contribution in [0.25, 0.3) is 6.08 Å². The molecule has 0 heterocycles. The quantitative estimate of drug-likeness (QED) is 0.464. The lowest BCUT2D eigenvalue weighted by Crippen LogP contribution is -2.30. The molecule has 0 aliphatic carbocycles. The van der Waals surface area contributed by atoms with Gasteiger partial charge in [-0.3, -0.25) is 4.79 Å². The topological polar surface area (TPSA) is 56.8 Å². The average Bonchev–Trinajstić information content (AvgIpc) is 2.74. The van der Waals surface area contributed by atoms with Gasteiger partial charge >= 0.3 is 0 Å². The summed E-state index contributed by atoms with van der Waals surface area (Å²) >= 11 is 0. The molecule has 0 bridgehead atoms. The summed E-state index contributed by atoms with van der Waals surface area (Å²) in [5.74, 6) is 2.10. The Kier molecular flexibility index (Phi) is 8.34. The van der Waals surface area contributed by atoms with Crippen LogP contribution in [0.4, 0.5) is 0 Å². The standard InChI is InChI=1S/C24H29NO4/c1-6-15-29-21-13-7-18(16-22(21)28-5)8-14-23(26)25-24(17(2)3)19-9-11-20(27-4)12-10-19/h6-14,16-17,24H,1,15H2,2-5H3,(H,25,26)/b14-8+. The first kappa shape index (κ1) is 22.1. The number of ether oxygens (including phenoxy) is 3. The third kappa shape index (κ3) is 6.42. The fourth-order valence-electron chi connectivity index (χ4n) is 2.88. The third-order valence-corrected chi connectivity index (χ3v) is 4.41. The van der Waals surface area contributed by atoms with Crippen molar-refractivity contribution in [3.63, 3.8) is 0 Å². The molecule has 0 saturated heterocycles. The van der Waals surface area contributed by atoms with E-state index in [9.17, 15) is 4.79 Å². The predicted molar refractivity (Wildman–Crippen MR) is 116 cm³/mol. The molecule has 0 saturated carbocycles. The van der Waals surface area contributed by atoms with E-state index < -0.39 is 0 Å². The third-order valence-electron chi connectivity index (χ3n) is 4.41. The first-order valence-corrected chi connectivity index (χ1v) is 9.52. The lowest BCUT2D eigenvalue weighted by molar-refractivity contribution is -0.117. The summed E-state index contributed by atoms with van der Waals surface area (Å²) < 4.78 is 16.1. The van der Waals surface area contributed by atoms with E-state index in [0.29, 0.717) is 18.1 Å². The van der Waals surface area contributed by atoms with Gasteiger partial charge in [-0.05, 0) is 47.4 Å². The second kappa shape index (κ2) is 11.0. The van der Waals surface area contributed by atoms with Gasteiger partial charge in [0, 0.05) is 6.08 Å². The monoisotopic (exact) mass is 395 g/mol. The Hall–Kier alpha value is -3.21. The molecule has 1 atom stereocenters. The minimum atomic E-state index is -0.162. The number of carbonyl (C=O) groups excluding carboxylic acids is 1. The van der Waals surface area contributed by atoms with Crippen molar-refractivity contribution in [2.75, 3.05) is 20.8 Å². The number of rotatable bonds is 10. The summed E-state index contributed by atoms with van der Waals surface area (Å²) in [6.45, 7) is 8.19. The zero-order valence-corrected chi connectivity index (χ0v) is 17.5. The van der Waals surface area contributed by atoms with Crippen LogP contribution < -0.4 is 19.5 Å². The lowest BCUT2D eigenvalue weighted by Gasteiger charge is -2.22. The number of benzene rings is 2. The van der Waals surface area contributed by atoms with Gasteiger partial charge in [0.05, 0.1) is 20.3 Å². The Balaban J connectivity index is 2.09. The largest absolute Gasteiger partial charge is 0.497 e. The summed E-state index contributed by atoms with van der Waals surface area (Å²) in [5.41, 5.74) is 1.88. The highest BCUT2D eigenvalue weighted by Crippen LogP contribution is 2.28. The van der Waals surface area contributed by atoms with Crippen LogP contribution in [0.2, 0.25) is 0 Å². The lowest BCUT2D eigenvalue weighted by atomic mass is 9.96. The highest BCUT2D eigenvalue weighted by Gasteiger charge is 2.17. The number of methoxy groups -OCH3 is 2. The van der Waals surface area contributed by atoms with Crippen molar-refractivity contribution < 1.29 is 19.0 Å². The molecule has 0 aliphatic heterocycles. The number of amides is 1. The smallest absolute Gasteiger partial charge is 0.244 e. The van der Waals surface area contributed by atoms with Gasteiger partial charge in [0.2, 0.25) is 5.91 Å². The summed E-state index contributed by atoms with van der Waals surface area (Å²) in [6.07, 6.45) is 4.95. The van der Waals surface area contributed by atoms with E-state index >= 15 is 0 Å². The van der Waals surface area contributed by atoms with E-state index in [4.69, 9.17) is 14.2 Å². The molecule has 0 fully saturated rings. The molecule has 0 radical (unpaired) electrons. The molecule has 29 heavy (non-hydrogen) atoms. The number of nitrogens with one attached hydrogen (secondary N) is 1. The molecule has 2 aromatic rings. The van der Waals surface area contributed by atoms with Gasteiger partial charge in [0.15, 0.2) is 11.5 Å². The van der Waals surface area contributed by atoms with Crippen LogP contribution in [0.15, 0.2) is 61.2 Å². The van der Waals surface area contributed by atoms with Crippen molar-refractivity contribution in [3.8, 4) is 17.2 Å². The summed E-state index contributed by atoms with van der Waals surface area (Å²) in [7, 11) is 3.22. The molecule has 2 aromatic carbocycles. The molecule has 5 nitrogen and oxygen atoms in total. The fraction of sp³-hybridized carbons (Fsp3) is 0.292. The van der Waals surface area contributed by atoms with Crippen molar-refractivity contribution in [2.45, 2.75) is 19.9 Å². The molecular weight excluding hydrogens is 366 g/mol. The van der Waals surface area contributed by atoms with Gasteiger partial charge in [-0.25, -0.2) is 0 Å². The molecule has 0 spiro atoms. The summed E-state index contributed by atoms with van der Waals surface area (Å²) in [4.78, 5) is 12.5. The number of hydrogen-bond acceptors (Lipinski definition) is 4. The Morgan fingerprint density at radius 1 is 1.07 bits per heavy atom. The first-order valence-electron chi connectivity index (χ1n) is 9.52. The molecular formula is C24H29NO4. The molecule has 1 unspecified atom stereocenters. The minimum absolute atomic E-state index is 0.0951. The molecule has 0 aromatic heterocycles. The Labute approximate surface area is 173 Å². The maximum absolute atomic E-state index is 12.5. The van der Waals surface area contributed by atoms with E-state index in [-0.39, 0.29) is 17.9 Å². The first-order chi connectivity index (χ1) is 14.0.